The van der Waals surface area contributed by atoms with Crippen LogP contribution < -0.4 is 0 Å². The smallest absolute Gasteiger partial charge is 0.339 e. The van der Waals surface area contributed by atoms with Gasteiger partial charge in [0.2, 0.25) is 0 Å². The van der Waals surface area contributed by atoms with E-state index in [0.717, 1.165) is 12.1 Å². The van der Waals surface area contributed by atoms with Gasteiger partial charge in [0.05, 0.1) is 28.5 Å². The number of hydrogen-bond acceptors (Lipinski definition) is 3. The lowest BCUT2D eigenvalue weighted by Crippen LogP contribution is -2.14. The molecule has 1 atom stereocenters. The maximum Gasteiger partial charge on any atom is 0.339 e. The molecule has 0 heterocycles. The van der Waals surface area contributed by atoms with Gasteiger partial charge in [-0.1, -0.05) is 11.6 Å². The van der Waals surface area contributed by atoms with Crippen LogP contribution in [0.5, 0.6) is 0 Å². The van der Waals surface area contributed by atoms with Crippen LogP contribution >= 0.6 is 11.6 Å². The van der Waals surface area contributed by atoms with E-state index in [0.29, 0.717) is 5.69 Å². The van der Waals surface area contributed by atoms with Gasteiger partial charge in [0.25, 0.3) is 5.92 Å². The highest BCUT2D eigenvalue weighted by molar-refractivity contribution is 6.33. The van der Waals surface area contributed by atoms with Gasteiger partial charge < -0.3 is 9.64 Å². The summed E-state index contributed by atoms with van der Waals surface area (Å²) < 4.78 is 30.5. The fourth-order valence-electron chi connectivity index (χ4n) is 1.91. The number of aliphatic imine (C=N–C) groups is 1. The summed E-state index contributed by atoms with van der Waals surface area (Å²) in [5, 5.41) is 0.189. The number of rotatable bonds is 6. The van der Waals surface area contributed by atoms with E-state index >= 15 is 0 Å². The highest BCUT2D eigenvalue weighted by Crippen LogP contribution is 2.48. The first-order valence-corrected chi connectivity index (χ1v) is 7.72. The van der Waals surface area contributed by atoms with Gasteiger partial charge in [-0.2, -0.15) is 0 Å². The summed E-state index contributed by atoms with van der Waals surface area (Å²) in [5.41, 5.74) is 1.55. The molecule has 126 valence electrons. The van der Waals surface area contributed by atoms with Crippen molar-refractivity contribution in [2.24, 2.45) is 10.9 Å². The van der Waals surface area contributed by atoms with Crippen molar-refractivity contribution in [2.75, 3.05) is 20.2 Å². The van der Waals surface area contributed by atoms with Gasteiger partial charge in [-0.25, -0.2) is 18.6 Å². The second-order valence-corrected chi connectivity index (χ2v) is 6.10. The Kier molecular flexibility index (Phi) is 5.24. The normalized spacial score (nSPS) is 19.0. The molecule has 23 heavy (non-hydrogen) atoms. The number of halogens is 3. The molecular formula is C16H19ClF2N2O2. The van der Waals surface area contributed by atoms with Crippen molar-refractivity contribution < 1.29 is 18.3 Å². The van der Waals surface area contributed by atoms with Crippen LogP contribution in [0, 0.1) is 12.8 Å². The molecule has 0 saturated heterocycles. The molecule has 0 aromatic heterocycles. The van der Waals surface area contributed by atoms with Gasteiger partial charge in [-0.15, -0.1) is 0 Å². The minimum Gasteiger partial charge on any atom is -0.462 e. The van der Waals surface area contributed by atoms with E-state index in [4.69, 9.17) is 16.3 Å². The molecule has 1 fully saturated rings. The number of ether oxygens (including phenoxy) is 1. The third-order valence-corrected chi connectivity index (χ3v) is 4.08. The second kappa shape index (κ2) is 6.83. The van der Waals surface area contributed by atoms with E-state index in [1.807, 2.05) is 18.9 Å². The Balaban J connectivity index is 2.06. The van der Waals surface area contributed by atoms with Crippen molar-refractivity contribution in [1.29, 1.82) is 0 Å². The van der Waals surface area contributed by atoms with Gasteiger partial charge in [0.15, 0.2) is 0 Å². The molecular weight excluding hydrogens is 326 g/mol. The number of aryl methyl sites for hydroxylation is 1. The third kappa shape index (κ3) is 4.41. The summed E-state index contributed by atoms with van der Waals surface area (Å²) >= 11 is 6.10. The highest BCUT2D eigenvalue weighted by Gasteiger charge is 2.57. The Labute approximate surface area is 139 Å². The lowest BCUT2D eigenvalue weighted by Gasteiger charge is -2.11. The van der Waals surface area contributed by atoms with E-state index in [9.17, 15) is 13.6 Å². The summed E-state index contributed by atoms with van der Waals surface area (Å²) in [4.78, 5) is 18.2. The van der Waals surface area contributed by atoms with Crippen molar-refractivity contribution in [3.05, 3.63) is 28.3 Å². The van der Waals surface area contributed by atoms with Crippen LogP contribution in [-0.2, 0) is 4.74 Å². The molecule has 1 aliphatic rings. The standard InChI is InChI=1S/C16H19ClF2N2O2/c1-4-21(3)9-20-14-6-13(17)12(5-10(14)2)15(22)23-8-11-7-16(11,18)19/h5-6,9,11H,4,7-8H2,1-3H3/b20-9+. The van der Waals surface area contributed by atoms with Gasteiger partial charge in [0.1, 0.15) is 6.61 Å². The first-order chi connectivity index (χ1) is 10.7. The molecule has 0 amide bonds. The zero-order valence-electron chi connectivity index (χ0n) is 13.3. The van der Waals surface area contributed by atoms with Gasteiger partial charge in [-0.3, -0.25) is 0 Å². The predicted molar refractivity (Wildman–Crippen MR) is 86.0 cm³/mol. The quantitative estimate of drug-likeness (QED) is 0.444. The van der Waals surface area contributed by atoms with E-state index < -0.39 is 17.8 Å². The van der Waals surface area contributed by atoms with Crippen LogP contribution in [0.3, 0.4) is 0 Å². The van der Waals surface area contributed by atoms with Crippen LogP contribution in [0.25, 0.3) is 0 Å². The molecule has 0 aliphatic heterocycles. The summed E-state index contributed by atoms with van der Waals surface area (Å²) in [6.07, 6.45) is 1.44. The molecule has 1 aromatic carbocycles. The minimum atomic E-state index is -2.70. The van der Waals surface area contributed by atoms with Gasteiger partial charge >= 0.3 is 5.97 Å². The number of alkyl halides is 2. The van der Waals surface area contributed by atoms with Crippen molar-refractivity contribution >= 4 is 29.6 Å². The highest BCUT2D eigenvalue weighted by atomic mass is 35.5. The van der Waals surface area contributed by atoms with Gasteiger partial charge in [-0.05, 0) is 31.5 Å². The zero-order valence-corrected chi connectivity index (χ0v) is 14.0. The Morgan fingerprint density at radius 1 is 1.57 bits per heavy atom. The molecule has 4 nitrogen and oxygen atoms in total. The average molecular weight is 345 g/mol. The number of nitrogens with zero attached hydrogens (tertiary/aromatic N) is 2. The number of hydrogen-bond donors (Lipinski definition) is 0. The Morgan fingerprint density at radius 3 is 2.78 bits per heavy atom. The molecule has 1 unspecified atom stereocenters. The largest absolute Gasteiger partial charge is 0.462 e. The second-order valence-electron chi connectivity index (χ2n) is 5.70. The van der Waals surface area contributed by atoms with Crippen LogP contribution in [0.2, 0.25) is 5.02 Å². The average Bonchev–Trinajstić information content (AvgIpc) is 3.12. The number of carbonyl (C=O) groups is 1. The molecule has 0 radical (unpaired) electrons. The predicted octanol–water partition coefficient (Wildman–Crippen LogP) is 4.07. The molecule has 1 aliphatic carbocycles. The van der Waals surface area contributed by atoms with Crippen LogP contribution in [0.15, 0.2) is 17.1 Å². The van der Waals surface area contributed by atoms with Crippen molar-refractivity contribution in [2.45, 2.75) is 26.2 Å². The minimum absolute atomic E-state index is 0.163. The van der Waals surface area contributed by atoms with E-state index in [1.165, 1.54) is 0 Å². The van der Waals surface area contributed by atoms with E-state index in [-0.39, 0.29) is 23.6 Å². The maximum atomic E-state index is 12.8. The van der Waals surface area contributed by atoms with E-state index in [2.05, 4.69) is 4.99 Å². The first kappa shape index (κ1) is 17.7. The molecule has 1 aromatic rings. The molecule has 7 heteroatoms. The monoisotopic (exact) mass is 344 g/mol. The van der Waals surface area contributed by atoms with Crippen LogP contribution in [0.4, 0.5) is 14.5 Å². The van der Waals surface area contributed by atoms with Gasteiger partial charge in [0, 0.05) is 20.0 Å². The van der Waals surface area contributed by atoms with E-state index in [1.54, 1.807) is 25.4 Å². The van der Waals surface area contributed by atoms with Crippen molar-refractivity contribution in [3.8, 4) is 0 Å². The number of benzene rings is 1. The molecule has 1 saturated carbocycles. The zero-order chi connectivity index (χ0) is 17.2. The molecule has 2 rings (SSSR count). The summed E-state index contributed by atoms with van der Waals surface area (Å²) in [6, 6.07) is 3.13. The maximum absolute atomic E-state index is 12.8. The Bertz CT molecular complexity index is 635. The lowest BCUT2D eigenvalue weighted by molar-refractivity contribution is 0.0368. The SMILES string of the molecule is CCN(C)/C=N/c1cc(Cl)c(C(=O)OCC2CC2(F)F)cc1C. The molecule has 0 bridgehead atoms. The fourth-order valence-corrected chi connectivity index (χ4v) is 2.15. The first-order valence-electron chi connectivity index (χ1n) is 7.34. The Morgan fingerprint density at radius 2 is 2.22 bits per heavy atom. The van der Waals surface area contributed by atoms with Crippen LogP contribution in [-0.4, -0.2) is 43.3 Å². The topological polar surface area (TPSA) is 41.9 Å². The molecule has 0 spiro atoms. The van der Waals surface area contributed by atoms with Crippen molar-refractivity contribution in [3.63, 3.8) is 0 Å². The lowest BCUT2D eigenvalue weighted by atomic mass is 10.1. The fraction of sp³-hybridized carbons (Fsp3) is 0.500. The number of esters is 1. The van der Waals surface area contributed by atoms with Crippen LogP contribution in [0.1, 0.15) is 29.3 Å². The molecule has 0 N–H and O–H groups in total. The Hall–Kier alpha value is -1.69. The summed E-state index contributed by atoms with van der Waals surface area (Å²) in [7, 11) is 1.89. The van der Waals surface area contributed by atoms with Crippen molar-refractivity contribution in [1.82, 2.24) is 4.90 Å². The summed E-state index contributed by atoms with van der Waals surface area (Å²) in [5.74, 6) is -4.27. The summed E-state index contributed by atoms with van der Waals surface area (Å²) in [6.45, 7) is 4.31. The third-order valence-electron chi connectivity index (χ3n) is 3.77. The number of carbonyl (C=O) groups excluding carboxylic acids is 1.